The van der Waals surface area contributed by atoms with Crippen LogP contribution in [0.5, 0.6) is 0 Å². The van der Waals surface area contributed by atoms with Gasteiger partial charge in [-0.25, -0.2) is 0 Å². The minimum Gasteiger partial charge on any atom is -0.377 e. The van der Waals surface area contributed by atoms with Crippen LogP contribution in [0.25, 0.3) is 0 Å². The number of aromatic nitrogens is 2. The number of methoxy groups -OCH3 is 1. The zero-order chi connectivity index (χ0) is 14.4. The Kier molecular flexibility index (Phi) is 5.49. The molecule has 1 unspecified atom stereocenters. The van der Waals surface area contributed by atoms with Gasteiger partial charge in [0.2, 0.25) is 11.8 Å². The van der Waals surface area contributed by atoms with Crippen LogP contribution >= 0.6 is 0 Å². The van der Waals surface area contributed by atoms with Gasteiger partial charge in [-0.05, 0) is 25.9 Å². The fraction of sp³-hybridized carbons (Fsp3) is 0.769. The number of rotatable bonds is 6. The summed E-state index contributed by atoms with van der Waals surface area (Å²) >= 11 is 0. The number of amides is 1. The highest BCUT2D eigenvalue weighted by Crippen LogP contribution is 2.16. The van der Waals surface area contributed by atoms with Gasteiger partial charge < -0.3 is 14.6 Å². The molecule has 1 aromatic rings. The minimum absolute atomic E-state index is 0.0323. The van der Waals surface area contributed by atoms with E-state index in [1.165, 1.54) is 6.42 Å². The fourth-order valence-corrected chi connectivity index (χ4v) is 2.50. The molecule has 1 saturated heterocycles. The maximum atomic E-state index is 12.2. The smallest absolute Gasteiger partial charge is 0.246 e. The van der Waals surface area contributed by atoms with E-state index in [4.69, 9.17) is 9.26 Å². The molecule has 0 spiro atoms. The third-order valence-electron chi connectivity index (χ3n) is 3.52. The molecule has 0 radical (unpaired) electrons. The van der Waals surface area contributed by atoms with Crippen LogP contribution in [0.3, 0.4) is 0 Å². The lowest BCUT2D eigenvalue weighted by Crippen LogP contribution is -2.49. The second kappa shape index (κ2) is 7.35. The summed E-state index contributed by atoms with van der Waals surface area (Å²) in [6, 6.07) is -0.0323. The highest BCUT2D eigenvalue weighted by molar-refractivity contribution is 5.81. The summed E-state index contributed by atoms with van der Waals surface area (Å²) in [5.74, 6) is 0.937. The van der Waals surface area contributed by atoms with Crippen molar-refractivity contribution in [3.05, 3.63) is 11.7 Å². The van der Waals surface area contributed by atoms with E-state index in [2.05, 4.69) is 27.3 Å². The van der Waals surface area contributed by atoms with E-state index >= 15 is 0 Å². The van der Waals surface area contributed by atoms with Gasteiger partial charge in [0.15, 0.2) is 5.82 Å². The third kappa shape index (κ3) is 3.77. The molecule has 1 aliphatic heterocycles. The van der Waals surface area contributed by atoms with Crippen molar-refractivity contribution in [3.8, 4) is 0 Å². The lowest BCUT2D eigenvalue weighted by Gasteiger charge is -2.33. The number of ether oxygens (including phenoxy) is 1. The van der Waals surface area contributed by atoms with Gasteiger partial charge in [0, 0.05) is 7.11 Å². The van der Waals surface area contributed by atoms with E-state index < -0.39 is 0 Å². The zero-order valence-corrected chi connectivity index (χ0v) is 12.1. The van der Waals surface area contributed by atoms with Gasteiger partial charge in [-0.1, -0.05) is 18.5 Å². The van der Waals surface area contributed by atoms with Crippen molar-refractivity contribution in [3.63, 3.8) is 0 Å². The largest absolute Gasteiger partial charge is 0.377 e. The average molecular weight is 282 g/mol. The predicted octanol–water partition coefficient (Wildman–Crippen LogP) is 0.707. The maximum absolute atomic E-state index is 12.2. The van der Waals surface area contributed by atoms with Gasteiger partial charge >= 0.3 is 0 Å². The Morgan fingerprint density at radius 3 is 3.15 bits per heavy atom. The van der Waals surface area contributed by atoms with Crippen molar-refractivity contribution in [2.75, 3.05) is 20.2 Å². The van der Waals surface area contributed by atoms with E-state index in [0.29, 0.717) is 18.3 Å². The van der Waals surface area contributed by atoms with Crippen molar-refractivity contribution in [1.29, 1.82) is 0 Å². The molecule has 0 aromatic carbocycles. The number of piperidine rings is 1. The number of hydrogen-bond donors (Lipinski definition) is 1. The Balaban J connectivity index is 1.84. The van der Waals surface area contributed by atoms with Crippen LogP contribution in [0, 0.1) is 0 Å². The van der Waals surface area contributed by atoms with Crippen molar-refractivity contribution >= 4 is 5.91 Å². The van der Waals surface area contributed by atoms with Crippen molar-refractivity contribution in [2.24, 2.45) is 0 Å². The van der Waals surface area contributed by atoms with Gasteiger partial charge in [-0.15, -0.1) is 0 Å². The van der Waals surface area contributed by atoms with Crippen molar-refractivity contribution in [1.82, 2.24) is 20.4 Å². The summed E-state index contributed by atoms with van der Waals surface area (Å²) in [6.45, 7) is 4.55. The first kappa shape index (κ1) is 14.9. The Labute approximate surface area is 118 Å². The fourth-order valence-electron chi connectivity index (χ4n) is 2.50. The summed E-state index contributed by atoms with van der Waals surface area (Å²) < 4.78 is 9.95. The number of nitrogens with one attached hydrogen (secondary N) is 1. The first-order valence-corrected chi connectivity index (χ1v) is 7.06. The van der Waals surface area contributed by atoms with Crippen LogP contribution in [-0.2, 0) is 22.7 Å². The Morgan fingerprint density at radius 2 is 2.40 bits per heavy atom. The molecule has 2 heterocycles. The van der Waals surface area contributed by atoms with Gasteiger partial charge in [-0.3, -0.25) is 9.69 Å². The number of likely N-dealkylation sites (N-methyl/N-ethyl adjacent to an activating group) is 1. The molecular formula is C13H22N4O3. The zero-order valence-electron chi connectivity index (χ0n) is 12.1. The maximum Gasteiger partial charge on any atom is 0.246 e. The van der Waals surface area contributed by atoms with E-state index in [1.807, 2.05) is 0 Å². The molecule has 0 aliphatic carbocycles. The van der Waals surface area contributed by atoms with Crippen LogP contribution in [0.1, 0.15) is 37.9 Å². The Hall–Kier alpha value is -1.47. The van der Waals surface area contributed by atoms with E-state index in [-0.39, 0.29) is 18.5 Å². The van der Waals surface area contributed by atoms with Crippen LogP contribution in [0.15, 0.2) is 4.52 Å². The summed E-state index contributed by atoms with van der Waals surface area (Å²) in [7, 11) is 1.57. The van der Waals surface area contributed by atoms with Gasteiger partial charge in [0.25, 0.3) is 0 Å². The number of carbonyl (C=O) groups excluding carboxylic acids is 1. The molecule has 20 heavy (non-hydrogen) atoms. The molecule has 2 rings (SSSR count). The quantitative estimate of drug-likeness (QED) is 0.827. The second-order valence-electron chi connectivity index (χ2n) is 4.90. The highest BCUT2D eigenvalue weighted by atomic mass is 16.5. The number of carbonyl (C=O) groups is 1. The summed E-state index contributed by atoms with van der Waals surface area (Å²) in [4.78, 5) is 18.5. The van der Waals surface area contributed by atoms with Crippen molar-refractivity contribution < 1.29 is 14.1 Å². The van der Waals surface area contributed by atoms with Crippen LogP contribution in [0.2, 0.25) is 0 Å². The minimum atomic E-state index is -0.0323. The van der Waals surface area contributed by atoms with Crippen LogP contribution in [0.4, 0.5) is 0 Å². The van der Waals surface area contributed by atoms with Crippen LogP contribution in [-0.4, -0.2) is 47.2 Å². The standard InChI is InChI=1S/C13H22N4O3/c1-3-17-7-5-4-6-10(17)13(18)14-8-12-15-11(9-19-2)16-20-12/h10H,3-9H2,1-2H3,(H,14,18). The molecule has 1 N–H and O–H groups in total. The highest BCUT2D eigenvalue weighted by Gasteiger charge is 2.27. The Bertz CT molecular complexity index is 435. The monoisotopic (exact) mass is 282 g/mol. The van der Waals surface area contributed by atoms with E-state index in [0.717, 1.165) is 25.9 Å². The molecule has 7 heteroatoms. The van der Waals surface area contributed by atoms with Gasteiger partial charge in [0.05, 0.1) is 12.6 Å². The first-order chi connectivity index (χ1) is 9.74. The van der Waals surface area contributed by atoms with Crippen LogP contribution < -0.4 is 5.32 Å². The van der Waals surface area contributed by atoms with Gasteiger partial charge in [-0.2, -0.15) is 4.98 Å². The van der Waals surface area contributed by atoms with E-state index in [9.17, 15) is 4.79 Å². The number of hydrogen-bond acceptors (Lipinski definition) is 6. The molecule has 1 atom stereocenters. The summed E-state index contributed by atoms with van der Waals surface area (Å²) in [6.07, 6.45) is 3.19. The normalized spacial score (nSPS) is 20.0. The molecule has 0 saturated carbocycles. The molecule has 112 valence electrons. The second-order valence-corrected chi connectivity index (χ2v) is 4.90. The molecule has 0 bridgehead atoms. The van der Waals surface area contributed by atoms with Crippen molar-refractivity contribution in [2.45, 2.75) is 45.4 Å². The molecule has 1 aromatic heterocycles. The third-order valence-corrected chi connectivity index (χ3v) is 3.52. The molecule has 1 aliphatic rings. The molecule has 1 amide bonds. The SMILES string of the molecule is CCN1CCCCC1C(=O)NCc1nc(COC)no1. The topological polar surface area (TPSA) is 80.5 Å². The number of nitrogens with zero attached hydrogens (tertiary/aromatic N) is 3. The first-order valence-electron chi connectivity index (χ1n) is 7.06. The summed E-state index contributed by atoms with van der Waals surface area (Å²) in [5, 5.41) is 6.63. The Morgan fingerprint density at radius 1 is 1.55 bits per heavy atom. The lowest BCUT2D eigenvalue weighted by atomic mass is 10.0. The lowest BCUT2D eigenvalue weighted by molar-refractivity contribution is -0.127. The molecule has 7 nitrogen and oxygen atoms in total. The molecule has 1 fully saturated rings. The predicted molar refractivity (Wildman–Crippen MR) is 71.7 cm³/mol. The summed E-state index contributed by atoms with van der Waals surface area (Å²) in [5.41, 5.74) is 0. The molecular weight excluding hydrogens is 260 g/mol. The number of likely N-dealkylation sites (tertiary alicyclic amines) is 1. The average Bonchev–Trinajstić information content (AvgIpc) is 2.93. The van der Waals surface area contributed by atoms with E-state index in [1.54, 1.807) is 7.11 Å². The van der Waals surface area contributed by atoms with Gasteiger partial charge in [0.1, 0.15) is 6.61 Å².